The fourth-order valence-electron chi connectivity index (χ4n) is 3.60. The summed E-state index contributed by atoms with van der Waals surface area (Å²) in [7, 11) is 1.63. The molecule has 29 heavy (non-hydrogen) atoms. The van der Waals surface area contributed by atoms with Crippen molar-refractivity contribution in [1.29, 1.82) is 0 Å². The average Bonchev–Trinajstić information content (AvgIpc) is 2.90. The van der Waals surface area contributed by atoms with Crippen LogP contribution in [0.15, 0.2) is 39.5 Å². The Bertz CT molecular complexity index is 879. The van der Waals surface area contributed by atoms with Crippen LogP contribution < -0.4 is 16.1 Å². The number of nitrogens with two attached hydrogens (primary N) is 1. The van der Waals surface area contributed by atoms with Gasteiger partial charge in [0, 0.05) is 25.6 Å². The van der Waals surface area contributed by atoms with Crippen molar-refractivity contribution in [2.75, 3.05) is 20.2 Å². The van der Waals surface area contributed by atoms with Gasteiger partial charge in [0.05, 0.1) is 7.11 Å². The number of hydrogen-bond donors (Lipinski definition) is 1. The number of aryl methyl sites for hydroxylation is 3. The Balaban J connectivity index is 0.00000300. The van der Waals surface area contributed by atoms with E-state index in [-0.39, 0.29) is 29.9 Å². The number of ether oxygens (including phenoxy) is 1. The van der Waals surface area contributed by atoms with Gasteiger partial charge in [0.2, 0.25) is 0 Å². The highest BCUT2D eigenvalue weighted by atomic mass is 35.5. The van der Waals surface area contributed by atoms with Crippen molar-refractivity contribution >= 4 is 18.3 Å². The zero-order valence-electron chi connectivity index (χ0n) is 17.0. The summed E-state index contributed by atoms with van der Waals surface area (Å²) in [6.45, 7) is 3.01. The zero-order valence-corrected chi connectivity index (χ0v) is 17.8. The summed E-state index contributed by atoms with van der Waals surface area (Å²) in [5.41, 5.74) is 7.37. The molecule has 1 unspecified atom stereocenters. The first-order valence-corrected chi connectivity index (χ1v) is 9.79. The van der Waals surface area contributed by atoms with Gasteiger partial charge in [-0.15, -0.1) is 12.4 Å². The van der Waals surface area contributed by atoms with Crippen molar-refractivity contribution in [2.24, 2.45) is 5.73 Å². The van der Waals surface area contributed by atoms with Crippen LogP contribution in [0.5, 0.6) is 5.75 Å². The average molecular weight is 421 g/mol. The fraction of sp³-hybridized carbons (Fsp3) is 0.455. The van der Waals surface area contributed by atoms with E-state index in [9.17, 15) is 9.59 Å². The maximum atomic E-state index is 12.9. The Labute approximate surface area is 177 Å². The number of hydrogen-bond acceptors (Lipinski definition) is 5. The second-order valence-corrected chi connectivity index (χ2v) is 7.39. The summed E-state index contributed by atoms with van der Waals surface area (Å²) < 4.78 is 10.6. The van der Waals surface area contributed by atoms with E-state index >= 15 is 0 Å². The second-order valence-electron chi connectivity index (χ2n) is 7.39. The smallest absolute Gasteiger partial charge is 0.349 e. The number of amides is 1. The largest absolute Gasteiger partial charge is 0.497 e. The highest BCUT2D eigenvalue weighted by Crippen LogP contribution is 2.17. The minimum atomic E-state index is -0.553. The lowest BCUT2D eigenvalue weighted by atomic mass is 10.1. The number of benzene rings is 1. The van der Waals surface area contributed by atoms with E-state index in [1.54, 1.807) is 18.9 Å². The lowest BCUT2D eigenvalue weighted by molar-refractivity contribution is 0.0755. The van der Waals surface area contributed by atoms with Gasteiger partial charge in [0.25, 0.3) is 5.91 Å². The molecule has 1 aliphatic rings. The molecule has 7 heteroatoms. The van der Waals surface area contributed by atoms with Crippen molar-refractivity contribution < 1.29 is 13.9 Å². The first-order chi connectivity index (χ1) is 13.5. The van der Waals surface area contributed by atoms with Crippen LogP contribution in [0.2, 0.25) is 0 Å². The Morgan fingerprint density at radius 2 is 1.93 bits per heavy atom. The zero-order chi connectivity index (χ0) is 20.1. The monoisotopic (exact) mass is 420 g/mol. The number of carbonyl (C=O) groups excluding carboxylic acids is 1. The van der Waals surface area contributed by atoms with Crippen LogP contribution in [0.4, 0.5) is 0 Å². The Morgan fingerprint density at radius 1 is 1.21 bits per heavy atom. The molecule has 0 saturated carbocycles. The number of nitrogens with zero attached hydrogens (tertiary/aromatic N) is 1. The number of likely N-dealkylation sites (tertiary alicyclic amines) is 1. The van der Waals surface area contributed by atoms with Crippen molar-refractivity contribution in [3.8, 4) is 5.75 Å². The Kier molecular flexibility index (Phi) is 8.29. The van der Waals surface area contributed by atoms with Crippen molar-refractivity contribution in [2.45, 2.75) is 45.1 Å². The third-order valence-electron chi connectivity index (χ3n) is 5.29. The molecule has 2 heterocycles. The summed E-state index contributed by atoms with van der Waals surface area (Å²) in [6, 6.07) is 9.73. The molecule has 1 fully saturated rings. The van der Waals surface area contributed by atoms with E-state index in [0.29, 0.717) is 30.8 Å². The van der Waals surface area contributed by atoms with Gasteiger partial charge in [0.15, 0.2) is 0 Å². The van der Waals surface area contributed by atoms with Gasteiger partial charge in [0.1, 0.15) is 17.1 Å². The van der Waals surface area contributed by atoms with Gasteiger partial charge in [-0.1, -0.05) is 12.1 Å². The van der Waals surface area contributed by atoms with Gasteiger partial charge in [-0.3, -0.25) is 4.79 Å². The van der Waals surface area contributed by atoms with Gasteiger partial charge in [-0.25, -0.2) is 4.79 Å². The van der Waals surface area contributed by atoms with Crippen LogP contribution in [0.25, 0.3) is 0 Å². The molecule has 2 N–H and O–H groups in total. The molecule has 2 aromatic rings. The van der Waals surface area contributed by atoms with E-state index in [2.05, 4.69) is 0 Å². The molecule has 0 aliphatic carbocycles. The molecule has 1 atom stereocenters. The highest BCUT2D eigenvalue weighted by Gasteiger charge is 2.24. The Morgan fingerprint density at radius 3 is 2.59 bits per heavy atom. The number of halogens is 1. The van der Waals surface area contributed by atoms with Crippen LogP contribution in [0.1, 0.15) is 46.5 Å². The summed E-state index contributed by atoms with van der Waals surface area (Å²) in [6.07, 6.45) is 3.86. The SMILES string of the molecule is COc1ccc(CCc2cc(C)c(C(=O)N3CCCC(N)CC3)c(=O)o2)cc1.Cl. The molecule has 0 radical (unpaired) electrons. The molecule has 1 saturated heterocycles. The number of rotatable bonds is 5. The van der Waals surface area contributed by atoms with Gasteiger partial charge >= 0.3 is 5.63 Å². The first kappa shape index (κ1) is 23.0. The molecule has 6 nitrogen and oxygen atoms in total. The standard InChI is InChI=1S/C22H28N2O4.ClH/c1-15-14-19(10-7-16-5-8-18(27-2)9-6-16)28-22(26)20(15)21(25)24-12-3-4-17(23)11-13-24;/h5-6,8-9,14,17H,3-4,7,10-13,23H2,1-2H3;1H. The summed E-state index contributed by atoms with van der Waals surface area (Å²) >= 11 is 0. The first-order valence-electron chi connectivity index (χ1n) is 9.79. The maximum absolute atomic E-state index is 12.9. The highest BCUT2D eigenvalue weighted by molar-refractivity contribution is 5.95. The lowest BCUT2D eigenvalue weighted by Gasteiger charge is -2.20. The molecule has 0 bridgehead atoms. The van der Waals surface area contributed by atoms with Gasteiger partial charge < -0.3 is 19.8 Å². The summed E-state index contributed by atoms with van der Waals surface area (Å²) in [5.74, 6) is 1.15. The number of carbonyl (C=O) groups is 1. The molecule has 1 aromatic heterocycles. The van der Waals surface area contributed by atoms with Crippen molar-refractivity contribution in [3.63, 3.8) is 0 Å². The third-order valence-corrected chi connectivity index (χ3v) is 5.29. The number of methoxy groups -OCH3 is 1. The van der Waals surface area contributed by atoms with Crippen molar-refractivity contribution in [1.82, 2.24) is 4.90 Å². The summed E-state index contributed by atoms with van der Waals surface area (Å²) in [5, 5.41) is 0. The van der Waals surface area contributed by atoms with E-state index in [4.69, 9.17) is 14.9 Å². The molecule has 0 spiro atoms. The lowest BCUT2D eigenvalue weighted by Crippen LogP contribution is -2.36. The van der Waals surface area contributed by atoms with Crippen LogP contribution in [0.3, 0.4) is 0 Å². The van der Waals surface area contributed by atoms with Crippen molar-refractivity contribution in [3.05, 3.63) is 63.2 Å². The van der Waals surface area contributed by atoms with E-state index < -0.39 is 5.63 Å². The quantitative estimate of drug-likeness (QED) is 0.803. The molecular weight excluding hydrogens is 392 g/mol. The molecule has 1 aliphatic heterocycles. The minimum absolute atomic E-state index is 0. The van der Waals surface area contributed by atoms with Crippen LogP contribution in [0, 0.1) is 6.92 Å². The van der Waals surface area contributed by atoms with Crippen LogP contribution in [-0.2, 0) is 12.8 Å². The minimum Gasteiger partial charge on any atom is -0.497 e. The molecule has 3 rings (SSSR count). The molecular formula is C22H29ClN2O4. The van der Waals surface area contributed by atoms with E-state index in [1.807, 2.05) is 30.3 Å². The third kappa shape index (κ3) is 5.84. The van der Waals surface area contributed by atoms with Crippen LogP contribution >= 0.6 is 12.4 Å². The second kappa shape index (κ2) is 10.5. The van der Waals surface area contributed by atoms with E-state index in [1.165, 1.54) is 0 Å². The fourth-order valence-corrected chi connectivity index (χ4v) is 3.60. The normalized spacial score (nSPS) is 16.7. The van der Waals surface area contributed by atoms with Crippen LogP contribution in [-0.4, -0.2) is 37.0 Å². The molecule has 1 aromatic carbocycles. The molecule has 158 valence electrons. The predicted molar refractivity (Wildman–Crippen MR) is 115 cm³/mol. The van der Waals surface area contributed by atoms with E-state index in [0.717, 1.165) is 37.0 Å². The van der Waals surface area contributed by atoms with Gasteiger partial charge in [-0.05, 0) is 61.9 Å². The topological polar surface area (TPSA) is 85.8 Å². The molecule has 1 amide bonds. The van der Waals surface area contributed by atoms with Gasteiger partial charge in [-0.2, -0.15) is 0 Å². The predicted octanol–water partition coefficient (Wildman–Crippen LogP) is 3.12. The Hall–Kier alpha value is -2.31. The maximum Gasteiger partial charge on any atom is 0.349 e. The summed E-state index contributed by atoms with van der Waals surface area (Å²) in [4.78, 5) is 27.1.